The third-order valence-corrected chi connectivity index (χ3v) is 13.8. The highest BCUT2D eigenvalue weighted by Gasteiger charge is 2.38. The normalized spacial score (nSPS) is 20.9. The molecule has 1 aromatic rings. The summed E-state index contributed by atoms with van der Waals surface area (Å²) in [4.78, 5) is 0.399. The van der Waals surface area contributed by atoms with Crippen LogP contribution in [0.2, 0.25) is 18.1 Å². The maximum absolute atomic E-state index is 13.6. The zero-order chi connectivity index (χ0) is 24.7. The van der Waals surface area contributed by atoms with Crippen molar-refractivity contribution in [2.45, 2.75) is 101 Å². The molecule has 0 bridgehead atoms. The fourth-order valence-electron chi connectivity index (χ4n) is 3.87. The molecule has 1 aliphatic rings. The Morgan fingerprint density at radius 3 is 2.18 bits per heavy atom. The van der Waals surface area contributed by atoms with E-state index in [-0.39, 0.29) is 23.2 Å². The lowest BCUT2D eigenvalue weighted by Gasteiger charge is -2.37. The van der Waals surface area contributed by atoms with Crippen LogP contribution in [-0.4, -0.2) is 48.1 Å². The van der Waals surface area contributed by atoms with Gasteiger partial charge < -0.3 is 13.9 Å². The molecule has 0 amide bonds. The van der Waals surface area contributed by atoms with E-state index >= 15 is 0 Å². The van der Waals surface area contributed by atoms with Gasteiger partial charge in [0, 0.05) is 13.2 Å². The van der Waals surface area contributed by atoms with Crippen LogP contribution >= 0.6 is 0 Å². The molecule has 1 unspecified atom stereocenters. The molecule has 0 saturated carbocycles. The van der Waals surface area contributed by atoms with Crippen LogP contribution < -0.4 is 0 Å². The van der Waals surface area contributed by atoms with E-state index in [4.69, 9.17) is 13.9 Å². The molecule has 1 fully saturated rings. The summed E-state index contributed by atoms with van der Waals surface area (Å²) in [6.45, 7) is 17.2. The van der Waals surface area contributed by atoms with Crippen molar-refractivity contribution in [3.05, 3.63) is 30.3 Å². The van der Waals surface area contributed by atoms with Crippen molar-refractivity contribution >= 4 is 18.2 Å². The van der Waals surface area contributed by atoms with Crippen molar-refractivity contribution in [3.63, 3.8) is 0 Å². The van der Waals surface area contributed by atoms with Gasteiger partial charge in [-0.15, -0.1) is 0 Å². The molecule has 1 saturated heterocycles. The minimum atomic E-state index is -3.45. The monoisotopic (exact) mass is 498 g/mol. The highest BCUT2D eigenvalue weighted by atomic mass is 32.2. The van der Waals surface area contributed by atoms with Crippen molar-refractivity contribution in [1.29, 1.82) is 0 Å². The van der Waals surface area contributed by atoms with Crippen molar-refractivity contribution in [3.8, 4) is 0 Å². The molecule has 0 aliphatic carbocycles. The van der Waals surface area contributed by atoms with Crippen LogP contribution in [0.25, 0.3) is 0 Å². The van der Waals surface area contributed by atoms with Gasteiger partial charge in [0.1, 0.15) is 0 Å². The Morgan fingerprint density at radius 1 is 1.03 bits per heavy atom. The summed E-state index contributed by atoms with van der Waals surface area (Å²) in [6.07, 6.45) is 4.12. The van der Waals surface area contributed by atoms with Crippen molar-refractivity contribution in [2.24, 2.45) is 11.8 Å². The van der Waals surface area contributed by atoms with E-state index in [2.05, 4.69) is 47.7 Å². The summed E-state index contributed by atoms with van der Waals surface area (Å²) in [5.74, 6) is 0.268. The summed E-state index contributed by atoms with van der Waals surface area (Å²) in [7, 11) is -5.32. The lowest BCUT2D eigenvalue weighted by molar-refractivity contribution is -0.168. The van der Waals surface area contributed by atoms with Crippen LogP contribution in [0.4, 0.5) is 0 Å². The number of ether oxygens (including phenoxy) is 2. The first-order valence-corrected chi connectivity index (χ1v) is 16.9. The minimum absolute atomic E-state index is 0.118. The second-order valence-corrected chi connectivity index (χ2v) is 18.4. The number of rotatable bonds is 12. The Hall–Kier alpha value is -0.733. The Balaban J connectivity index is 2.06. The van der Waals surface area contributed by atoms with Gasteiger partial charge in [0.05, 0.1) is 16.8 Å². The topological polar surface area (TPSA) is 61.8 Å². The van der Waals surface area contributed by atoms with E-state index in [1.165, 1.54) is 0 Å². The fraction of sp³-hybridized carbons (Fsp3) is 0.769. The molecule has 7 heteroatoms. The van der Waals surface area contributed by atoms with Gasteiger partial charge in [0.25, 0.3) is 0 Å². The van der Waals surface area contributed by atoms with Crippen LogP contribution in [0.1, 0.15) is 66.7 Å². The Kier molecular flexibility index (Phi) is 10.6. The van der Waals surface area contributed by atoms with Gasteiger partial charge in [0.2, 0.25) is 0 Å². The van der Waals surface area contributed by atoms with Gasteiger partial charge in [0.15, 0.2) is 24.4 Å². The minimum Gasteiger partial charge on any atom is -0.417 e. The van der Waals surface area contributed by atoms with Gasteiger partial charge in [-0.2, -0.15) is 0 Å². The summed E-state index contributed by atoms with van der Waals surface area (Å²) >= 11 is 0. The molecule has 4 atom stereocenters. The zero-order valence-electron chi connectivity index (χ0n) is 21.8. The van der Waals surface area contributed by atoms with Crippen LogP contribution in [0.3, 0.4) is 0 Å². The average molecular weight is 499 g/mol. The summed E-state index contributed by atoms with van der Waals surface area (Å²) in [5.41, 5.74) is 0. The molecule has 5 nitrogen and oxygen atoms in total. The van der Waals surface area contributed by atoms with E-state index in [1.807, 2.05) is 6.07 Å². The maximum atomic E-state index is 13.6. The number of benzene rings is 1. The molecule has 2 rings (SSSR count). The first-order valence-electron chi connectivity index (χ1n) is 12.5. The number of hydrogen-bond donors (Lipinski definition) is 0. The summed E-state index contributed by atoms with van der Waals surface area (Å²) < 4.78 is 45.2. The lowest BCUT2D eigenvalue weighted by Crippen LogP contribution is -2.42. The van der Waals surface area contributed by atoms with Crippen molar-refractivity contribution in [2.75, 3.05) is 19.8 Å². The average Bonchev–Trinajstić information content (AvgIpc) is 2.76. The predicted molar refractivity (Wildman–Crippen MR) is 138 cm³/mol. The third kappa shape index (κ3) is 8.77. The second kappa shape index (κ2) is 12.3. The van der Waals surface area contributed by atoms with E-state index in [9.17, 15) is 8.42 Å². The van der Waals surface area contributed by atoms with Gasteiger partial charge >= 0.3 is 0 Å². The number of sulfone groups is 1. The molecule has 0 N–H and O–H groups in total. The third-order valence-electron chi connectivity index (χ3n) is 7.08. The highest BCUT2D eigenvalue weighted by Crippen LogP contribution is 2.37. The van der Waals surface area contributed by atoms with Gasteiger partial charge in [-0.1, -0.05) is 52.8 Å². The van der Waals surface area contributed by atoms with Gasteiger partial charge in [-0.25, -0.2) is 8.42 Å². The molecule has 0 aromatic heterocycles. The smallest absolute Gasteiger partial charge is 0.191 e. The van der Waals surface area contributed by atoms with Crippen LogP contribution in [0.5, 0.6) is 0 Å². The van der Waals surface area contributed by atoms with Crippen LogP contribution in [0, 0.1) is 11.8 Å². The standard InChI is InChI=1S/C26H46O5SSi/c1-21(19-30-25-15-11-12-16-29-25)17-24(32(27,28)23-13-9-8-10-14-23)18-22(2)20-31-33(6,7)26(3,4)5/h8-10,13-14,21-22,24-25H,11-12,15-20H2,1-7H3/t21-,22-,24+,25?/m0/s1. The largest absolute Gasteiger partial charge is 0.417 e. The number of hydrogen-bond acceptors (Lipinski definition) is 5. The molecular formula is C26H46O5SSi. The molecular weight excluding hydrogens is 452 g/mol. The maximum Gasteiger partial charge on any atom is 0.191 e. The van der Waals surface area contributed by atoms with Crippen LogP contribution in [0.15, 0.2) is 35.2 Å². The first-order chi connectivity index (χ1) is 15.3. The molecule has 1 heterocycles. The van der Waals surface area contributed by atoms with E-state index < -0.39 is 23.4 Å². The Labute approximate surface area is 203 Å². The molecule has 1 aliphatic heterocycles. The zero-order valence-corrected chi connectivity index (χ0v) is 23.6. The Bertz CT molecular complexity index is 798. The molecule has 33 heavy (non-hydrogen) atoms. The highest BCUT2D eigenvalue weighted by molar-refractivity contribution is 7.92. The molecule has 0 spiro atoms. The molecule has 1 aromatic carbocycles. The molecule has 190 valence electrons. The van der Waals surface area contributed by atoms with Crippen molar-refractivity contribution < 1.29 is 22.3 Å². The predicted octanol–water partition coefficient (Wildman–Crippen LogP) is 6.45. The van der Waals surface area contributed by atoms with E-state index in [0.717, 1.165) is 25.9 Å². The lowest BCUT2D eigenvalue weighted by atomic mass is 9.99. The quantitative estimate of drug-likeness (QED) is 0.310. The molecule has 0 radical (unpaired) electrons. The fourth-order valence-corrected chi connectivity index (χ4v) is 7.09. The van der Waals surface area contributed by atoms with E-state index in [0.29, 0.717) is 31.0 Å². The summed E-state index contributed by atoms with van der Waals surface area (Å²) in [5, 5.41) is -0.335. The second-order valence-electron chi connectivity index (χ2n) is 11.4. The Morgan fingerprint density at radius 2 is 1.64 bits per heavy atom. The van der Waals surface area contributed by atoms with Gasteiger partial charge in [-0.3, -0.25) is 0 Å². The van der Waals surface area contributed by atoms with Crippen LogP contribution in [-0.2, 0) is 23.7 Å². The van der Waals surface area contributed by atoms with E-state index in [1.54, 1.807) is 24.3 Å². The summed E-state index contributed by atoms with van der Waals surface area (Å²) in [6, 6.07) is 8.85. The van der Waals surface area contributed by atoms with Crippen molar-refractivity contribution in [1.82, 2.24) is 0 Å². The SMILES string of the molecule is C[C@H](COC1CCCCO1)C[C@H](C[C@H](C)CO[Si](C)(C)C(C)(C)C)S(=O)(=O)c1ccccc1. The van der Waals surface area contributed by atoms with Gasteiger partial charge in [-0.05, 0) is 74.2 Å². The first kappa shape index (κ1) is 28.5.